The number of nitrogens with two attached hydrogens (primary N) is 1. The minimum atomic E-state index is 0.514. The molecular weight excluding hydrogens is 124 g/mol. The highest BCUT2D eigenvalue weighted by molar-refractivity contribution is 4.99. The van der Waals surface area contributed by atoms with E-state index in [1.54, 1.807) is 0 Å². The predicted molar refractivity (Wildman–Crippen MR) is 41.7 cm³/mol. The van der Waals surface area contributed by atoms with Crippen LogP contribution in [0.3, 0.4) is 0 Å². The highest BCUT2D eigenvalue weighted by atomic mass is 15.0. The number of fused-ring (bicyclic) bond motifs is 1. The third kappa shape index (κ3) is 0.722. The quantitative estimate of drug-likeness (QED) is 0.551. The Kier molecular flexibility index (Phi) is 1.46. The molecule has 2 heteroatoms. The van der Waals surface area contributed by atoms with Gasteiger partial charge in [-0.05, 0) is 37.3 Å². The second-order valence-corrected chi connectivity index (χ2v) is 3.79. The lowest BCUT2D eigenvalue weighted by molar-refractivity contribution is 0.281. The van der Waals surface area contributed by atoms with Crippen LogP contribution in [0, 0.1) is 11.3 Å². The van der Waals surface area contributed by atoms with Crippen LogP contribution in [0.4, 0.5) is 0 Å². The van der Waals surface area contributed by atoms with E-state index in [4.69, 9.17) is 5.73 Å². The summed E-state index contributed by atoms with van der Waals surface area (Å²) >= 11 is 0. The monoisotopic (exact) mass is 140 g/mol. The SMILES string of the molecule is NCC12CCCC1CNC2. The molecule has 2 atom stereocenters. The van der Waals surface area contributed by atoms with Crippen molar-refractivity contribution in [3.8, 4) is 0 Å². The zero-order valence-electron chi connectivity index (χ0n) is 6.40. The van der Waals surface area contributed by atoms with Gasteiger partial charge in [0, 0.05) is 6.54 Å². The Bertz CT molecular complexity index is 123. The molecule has 2 unspecified atom stereocenters. The van der Waals surface area contributed by atoms with Gasteiger partial charge in [-0.1, -0.05) is 6.42 Å². The van der Waals surface area contributed by atoms with Crippen molar-refractivity contribution in [3.63, 3.8) is 0 Å². The van der Waals surface area contributed by atoms with E-state index in [-0.39, 0.29) is 0 Å². The van der Waals surface area contributed by atoms with Crippen molar-refractivity contribution < 1.29 is 0 Å². The molecular formula is C8H16N2. The lowest BCUT2D eigenvalue weighted by Crippen LogP contribution is -2.34. The maximum atomic E-state index is 5.77. The van der Waals surface area contributed by atoms with Crippen LogP contribution >= 0.6 is 0 Å². The van der Waals surface area contributed by atoms with Crippen molar-refractivity contribution >= 4 is 0 Å². The van der Waals surface area contributed by atoms with Crippen LogP contribution in [0.5, 0.6) is 0 Å². The molecule has 1 aliphatic carbocycles. The summed E-state index contributed by atoms with van der Waals surface area (Å²) in [7, 11) is 0. The summed E-state index contributed by atoms with van der Waals surface area (Å²) in [6, 6.07) is 0. The van der Waals surface area contributed by atoms with E-state index in [0.717, 1.165) is 12.5 Å². The van der Waals surface area contributed by atoms with Crippen LogP contribution in [0.25, 0.3) is 0 Å². The van der Waals surface area contributed by atoms with Gasteiger partial charge in [0.25, 0.3) is 0 Å². The molecule has 1 saturated carbocycles. The molecule has 3 N–H and O–H groups in total. The van der Waals surface area contributed by atoms with Crippen LogP contribution in [0.2, 0.25) is 0 Å². The summed E-state index contributed by atoms with van der Waals surface area (Å²) in [5, 5.41) is 3.44. The van der Waals surface area contributed by atoms with E-state index in [0.29, 0.717) is 5.41 Å². The third-order valence-electron chi connectivity index (χ3n) is 3.37. The van der Waals surface area contributed by atoms with E-state index < -0.39 is 0 Å². The van der Waals surface area contributed by atoms with Crippen molar-refractivity contribution in [3.05, 3.63) is 0 Å². The van der Waals surface area contributed by atoms with Crippen LogP contribution in [0.15, 0.2) is 0 Å². The highest BCUT2D eigenvalue weighted by Gasteiger charge is 2.44. The zero-order chi connectivity index (χ0) is 7.03. The minimum Gasteiger partial charge on any atom is -0.330 e. The molecule has 2 fully saturated rings. The lowest BCUT2D eigenvalue weighted by atomic mass is 9.81. The number of nitrogens with one attached hydrogen (secondary N) is 1. The molecule has 1 saturated heterocycles. The molecule has 1 heterocycles. The maximum Gasteiger partial charge on any atom is 0.00232 e. The first kappa shape index (κ1) is 6.62. The van der Waals surface area contributed by atoms with E-state index in [9.17, 15) is 0 Å². The number of rotatable bonds is 1. The average molecular weight is 140 g/mol. The molecule has 10 heavy (non-hydrogen) atoms. The van der Waals surface area contributed by atoms with Gasteiger partial charge in [0.1, 0.15) is 0 Å². The Morgan fingerprint density at radius 2 is 2.50 bits per heavy atom. The standard InChI is InChI=1S/C8H16N2/c9-5-8-3-1-2-7(8)4-10-6-8/h7,10H,1-6,9H2. The Morgan fingerprint density at radius 1 is 1.60 bits per heavy atom. The lowest BCUT2D eigenvalue weighted by Gasteiger charge is -2.25. The Morgan fingerprint density at radius 3 is 3.20 bits per heavy atom. The largest absolute Gasteiger partial charge is 0.330 e. The molecule has 0 radical (unpaired) electrons. The smallest absolute Gasteiger partial charge is 0.00232 e. The molecule has 0 aromatic carbocycles. The van der Waals surface area contributed by atoms with Gasteiger partial charge >= 0.3 is 0 Å². The number of hydrogen-bond acceptors (Lipinski definition) is 2. The Labute approximate surface area is 62.2 Å². The van der Waals surface area contributed by atoms with Crippen molar-refractivity contribution in [2.75, 3.05) is 19.6 Å². The van der Waals surface area contributed by atoms with Crippen LogP contribution < -0.4 is 11.1 Å². The van der Waals surface area contributed by atoms with E-state index >= 15 is 0 Å². The van der Waals surface area contributed by atoms with E-state index in [1.807, 2.05) is 0 Å². The van der Waals surface area contributed by atoms with Crippen LogP contribution in [0.1, 0.15) is 19.3 Å². The summed E-state index contributed by atoms with van der Waals surface area (Å²) in [5.41, 5.74) is 6.28. The molecule has 0 bridgehead atoms. The molecule has 0 aromatic heterocycles. The van der Waals surface area contributed by atoms with E-state index in [1.165, 1.54) is 32.4 Å². The fourth-order valence-electron chi connectivity index (χ4n) is 2.60. The first-order valence-electron chi connectivity index (χ1n) is 4.28. The molecule has 0 spiro atoms. The van der Waals surface area contributed by atoms with Gasteiger partial charge in [-0.15, -0.1) is 0 Å². The van der Waals surface area contributed by atoms with E-state index in [2.05, 4.69) is 5.32 Å². The molecule has 0 aromatic rings. The molecule has 2 nitrogen and oxygen atoms in total. The minimum absolute atomic E-state index is 0.514. The zero-order valence-corrected chi connectivity index (χ0v) is 6.40. The van der Waals surface area contributed by atoms with Gasteiger partial charge < -0.3 is 11.1 Å². The van der Waals surface area contributed by atoms with Crippen molar-refractivity contribution in [1.29, 1.82) is 0 Å². The summed E-state index contributed by atoms with van der Waals surface area (Å²) in [4.78, 5) is 0. The van der Waals surface area contributed by atoms with Crippen LogP contribution in [-0.4, -0.2) is 19.6 Å². The van der Waals surface area contributed by atoms with Gasteiger partial charge in [-0.25, -0.2) is 0 Å². The normalized spacial score (nSPS) is 45.9. The Balaban J connectivity index is 2.15. The first-order chi connectivity index (χ1) is 4.87. The first-order valence-corrected chi connectivity index (χ1v) is 4.28. The molecule has 58 valence electrons. The van der Waals surface area contributed by atoms with Gasteiger partial charge in [0.15, 0.2) is 0 Å². The summed E-state index contributed by atoms with van der Waals surface area (Å²) in [6.45, 7) is 3.29. The fourth-order valence-corrected chi connectivity index (χ4v) is 2.60. The third-order valence-corrected chi connectivity index (χ3v) is 3.37. The van der Waals surface area contributed by atoms with Crippen molar-refractivity contribution in [1.82, 2.24) is 5.32 Å². The van der Waals surface area contributed by atoms with Gasteiger partial charge in [-0.2, -0.15) is 0 Å². The highest BCUT2D eigenvalue weighted by Crippen LogP contribution is 2.44. The topological polar surface area (TPSA) is 38.0 Å². The summed E-state index contributed by atoms with van der Waals surface area (Å²) < 4.78 is 0. The molecule has 0 amide bonds. The Hall–Kier alpha value is -0.0800. The second-order valence-electron chi connectivity index (χ2n) is 3.79. The van der Waals surface area contributed by atoms with Gasteiger partial charge in [-0.3, -0.25) is 0 Å². The predicted octanol–water partition coefficient (Wildman–Crippen LogP) is 0.335. The molecule has 1 aliphatic heterocycles. The summed E-state index contributed by atoms with van der Waals surface area (Å²) in [6.07, 6.45) is 4.18. The van der Waals surface area contributed by atoms with Crippen molar-refractivity contribution in [2.45, 2.75) is 19.3 Å². The maximum absolute atomic E-state index is 5.77. The average Bonchev–Trinajstić information content (AvgIpc) is 2.42. The fraction of sp³-hybridized carbons (Fsp3) is 1.00. The van der Waals surface area contributed by atoms with Gasteiger partial charge in [0.05, 0.1) is 0 Å². The van der Waals surface area contributed by atoms with Crippen LogP contribution in [-0.2, 0) is 0 Å². The van der Waals surface area contributed by atoms with Gasteiger partial charge in [0.2, 0.25) is 0 Å². The molecule has 2 rings (SSSR count). The number of hydrogen-bond donors (Lipinski definition) is 2. The summed E-state index contributed by atoms with van der Waals surface area (Å²) in [5.74, 6) is 0.900. The second kappa shape index (κ2) is 2.21. The molecule has 2 aliphatic rings. The van der Waals surface area contributed by atoms with Crippen molar-refractivity contribution in [2.24, 2.45) is 17.1 Å².